The van der Waals surface area contributed by atoms with E-state index in [0.717, 1.165) is 17.4 Å². The molecule has 0 aromatic heterocycles. The van der Waals surface area contributed by atoms with Gasteiger partial charge in [0.2, 0.25) is 5.91 Å². The van der Waals surface area contributed by atoms with E-state index in [1.165, 1.54) is 0 Å². The number of sulfone groups is 1. The zero-order chi connectivity index (χ0) is 17.1. The van der Waals surface area contributed by atoms with Crippen molar-refractivity contribution in [3.8, 4) is 5.75 Å². The minimum Gasteiger partial charge on any atom is -0.496 e. The molecule has 1 aromatic rings. The van der Waals surface area contributed by atoms with E-state index in [0.29, 0.717) is 31.7 Å². The predicted octanol–water partition coefficient (Wildman–Crippen LogP) is 0.787. The summed E-state index contributed by atoms with van der Waals surface area (Å²) in [6.45, 7) is 3.24. The number of aryl methyl sites for hydroxylation is 1. The second kappa shape index (κ2) is 6.88. The van der Waals surface area contributed by atoms with Crippen LogP contribution in [0.2, 0.25) is 0 Å². The second-order valence-corrected chi connectivity index (χ2v) is 8.34. The molecular formula is C16H24N2O4S. The van der Waals surface area contributed by atoms with Gasteiger partial charge in [-0.1, -0.05) is 12.1 Å². The van der Waals surface area contributed by atoms with Gasteiger partial charge in [-0.2, -0.15) is 0 Å². The predicted molar refractivity (Wildman–Crippen MR) is 89.3 cm³/mol. The van der Waals surface area contributed by atoms with Crippen molar-refractivity contribution in [2.45, 2.75) is 31.1 Å². The van der Waals surface area contributed by atoms with Gasteiger partial charge in [-0.25, -0.2) is 8.42 Å². The maximum atomic E-state index is 12.6. The first-order valence-corrected chi connectivity index (χ1v) is 9.51. The summed E-state index contributed by atoms with van der Waals surface area (Å²) in [5.74, 6) is 0.258. The molecule has 0 bridgehead atoms. The van der Waals surface area contributed by atoms with Gasteiger partial charge in [0.15, 0.2) is 14.6 Å². The lowest BCUT2D eigenvalue weighted by Crippen LogP contribution is -2.57. The molecule has 1 aromatic carbocycles. The number of piperidine rings is 1. The van der Waals surface area contributed by atoms with Crippen LogP contribution in [0.25, 0.3) is 0 Å². The SMILES string of the molecule is COc1cc(C)ccc1CNC(=O)C1(S(C)(=O)=O)CCNCC1. The monoisotopic (exact) mass is 340 g/mol. The number of carbonyl (C=O) groups excluding carboxylic acids is 1. The van der Waals surface area contributed by atoms with Crippen LogP contribution in [0.5, 0.6) is 5.75 Å². The number of ether oxygens (including phenoxy) is 1. The lowest BCUT2D eigenvalue weighted by atomic mass is 9.95. The minimum absolute atomic E-state index is 0.243. The third kappa shape index (κ3) is 3.67. The fraction of sp³-hybridized carbons (Fsp3) is 0.562. The molecule has 7 heteroatoms. The van der Waals surface area contributed by atoms with E-state index in [4.69, 9.17) is 4.74 Å². The van der Waals surface area contributed by atoms with Crippen molar-refractivity contribution in [1.29, 1.82) is 0 Å². The van der Waals surface area contributed by atoms with Crippen molar-refractivity contribution in [1.82, 2.24) is 10.6 Å². The molecule has 2 N–H and O–H groups in total. The molecule has 0 unspecified atom stereocenters. The first kappa shape index (κ1) is 17.7. The Morgan fingerprint density at radius 3 is 2.57 bits per heavy atom. The summed E-state index contributed by atoms with van der Waals surface area (Å²) in [6, 6.07) is 5.70. The Kier molecular flexibility index (Phi) is 5.31. The molecule has 6 nitrogen and oxygen atoms in total. The van der Waals surface area contributed by atoms with Crippen LogP contribution >= 0.6 is 0 Å². The molecular weight excluding hydrogens is 316 g/mol. The van der Waals surface area contributed by atoms with Crippen LogP contribution in [-0.2, 0) is 21.2 Å². The van der Waals surface area contributed by atoms with E-state index in [1.807, 2.05) is 25.1 Å². The molecule has 1 amide bonds. The second-order valence-electron chi connectivity index (χ2n) is 6.01. The van der Waals surface area contributed by atoms with Gasteiger partial charge < -0.3 is 15.4 Å². The van der Waals surface area contributed by atoms with Gasteiger partial charge >= 0.3 is 0 Å². The molecule has 0 spiro atoms. The van der Waals surface area contributed by atoms with Crippen LogP contribution < -0.4 is 15.4 Å². The molecule has 1 fully saturated rings. The highest BCUT2D eigenvalue weighted by molar-refractivity contribution is 7.92. The molecule has 1 aliphatic rings. The maximum Gasteiger partial charge on any atom is 0.241 e. The Hall–Kier alpha value is -1.60. The topological polar surface area (TPSA) is 84.5 Å². The fourth-order valence-corrected chi connectivity index (χ4v) is 4.29. The van der Waals surface area contributed by atoms with E-state index < -0.39 is 20.5 Å². The van der Waals surface area contributed by atoms with Crippen molar-refractivity contribution in [2.75, 3.05) is 26.5 Å². The van der Waals surface area contributed by atoms with Gasteiger partial charge in [-0.3, -0.25) is 4.79 Å². The zero-order valence-electron chi connectivity index (χ0n) is 13.8. The Bertz CT molecular complexity index is 679. The number of amides is 1. The van der Waals surface area contributed by atoms with Crippen LogP contribution in [-0.4, -0.2) is 45.5 Å². The number of rotatable bonds is 5. The average molecular weight is 340 g/mol. The molecule has 1 heterocycles. The summed E-state index contributed by atoms with van der Waals surface area (Å²) in [6.07, 6.45) is 1.73. The average Bonchev–Trinajstić information content (AvgIpc) is 2.52. The van der Waals surface area contributed by atoms with Gasteiger partial charge in [0, 0.05) is 18.4 Å². The first-order valence-electron chi connectivity index (χ1n) is 7.62. The van der Waals surface area contributed by atoms with Crippen molar-refractivity contribution >= 4 is 15.7 Å². The van der Waals surface area contributed by atoms with Gasteiger partial charge in [0.05, 0.1) is 7.11 Å². The summed E-state index contributed by atoms with van der Waals surface area (Å²) in [4.78, 5) is 12.6. The lowest BCUT2D eigenvalue weighted by molar-refractivity contribution is -0.124. The molecule has 128 valence electrons. The molecule has 0 radical (unpaired) electrons. The number of methoxy groups -OCH3 is 1. The van der Waals surface area contributed by atoms with E-state index in [9.17, 15) is 13.2 Å². The van der Waals surface area contributed by atoms with Crippen LogP contribution in [0.4, 0.5) is 0 Å². The highest BCUT2D eigenvalue weighted by Crippen LogP contribution is 2.28. The Morgan fingerprint density at radius 2 is 2.00 bits per heavy atom. The highest BCUT2D eigenvalue weighted by Gasteiger charge is 2.48. The van der Waals surface area contributed by atoms with E-state index in [-0.39, 0.29) is 6.54 Å². The molecule has 0 aliphatic carbocycles. The molecule has 23 heavy (non-hydrogen) atoms. The molecule has 2 rings (SSSR count). The number of hydrogen-bond acceptors (Lipinski definition) is 5. The van der Waals surface area contributed by atoms with Crippen molar-refractivity contribution < 1.29 is 17.9 Å². The van der Waals surface area contributed by atoms with Crippen LogP contribution in [0, 0.1) is 6.92 Å². The molecule has 1 saturated heterocycles. The molecule has 1 aliphatic heterocycles. The van der Waals surface area contributed by atoms with Crippen LogP contribution in [0.3, 0.4) is 0 Å². The Morgan fingerprint density at radius 1 is 1.35 bits per heavy atom. The van der Waals surface area contributed by atoms with Crippen molar-refractivity contribution in [3.05, 3.63) is 29.3 Å². The van der Waals surface area contributed by atoms with Crippen molar-refractivity contribution in [3.63, 3.8) is 0 Å². The summed E-state index contributed by atoms with van der Waals surface area (Å²) in [5.41, 5.74) is 1.88. The zero-order valence-corrected chi connectivity index (χ0v) is 14.6. The normalized spacial score (nSPS) is 17.5. The summed E-state index contributed by atoms with van der Waals surface area (Å²) >= 11 is 0. The largest absolute Gasteiger partial charge is 0.496 e. The van der Waals surface area contributed by atoms with Crippen LogP contribution in [0.1, 0.15) is 24.0 Å². The quantitative estimate of drug-likeness (QED) is 0.828. The first-order chi connectivity index (χ1) is 10.8. The molecule has 0 atom stereocenters. The maximum absolute atomic E-state index is 12.6. The van der Waals surface area contributed by atoms with Gasteiger partial charge in [0.25, 0.3) is 0 Å². The standard InChI is InChI=1S/C16H24N2O4S/c1-12-4-5-13(14(10-12)22-2)11-18-15(19)16(23(3,20)21)6-8-17-9-7-16/h4-5,10,17H,6-9,11H2,1-3H3,(H,18,19). The van der Waals surface area contributed by atoms with E-state index >= 15 is 0 Å². The highest BCUT2D eigenvalue weighted by atomic mass is 32.2. The Labute approximate surface area is 137 Å². The lowest BCUT2D eigenvalue weighted by Gasteiger charge is -2.34. The van der Waals surface area contributed by atoms with Crippen molar-refractivity contribution in [2.24, 2.45) is 0 Å². The van der Waals surface area contributed by atoms with E-state index in [2.05, 4.69) is 10.6 Å². The number of hydrogen-bond donors (Lipinski definition) is 2. The third-order valence-electron chi connectivity index (χ3n) is 4.42. The number of carbonyl (C=O) groups is 1. The molecule has 0 saturated carbocycles. The third-order valence-corrected chi connectivity index (χ3v) is 6.43. The summed E-state index contributed by atoms with van der Waals surface area (Å²) in [7, 11) is -1.92. The van der Waals surface area contributed by atoms with Gasteiger partial charge in [-0.05, 0) is 44.5 Å². The minimum atomic E-state index is -3.50. The van der Waals surface area contributed by atoms with Gasteiger partial charge in [-0.15, -0.1) is 0 Å². The number of benzene rings is 1. The fourth-order valence-electron chi connectivity index (χ4n) is 2.93. The van der Waals surface area contributed by atoms with Gasteiger partial charge in [0.1, 0.15) is 5.75 Å². The van der Waals surface area contributed by atoms with Crippen LogP contribution in [0.15, 0.2) is 18.2 Å². The number of nitrogens with one attached hydrogen (secondary N) is 2. The van der Waals surface area contributed by atoms with E-state index in [1.54, 1.807) is 7.11 Å². The Balaban J connectivity index is 2.17. The smallest absolute Gasteiger partial charge is 0.241 e. The summed E-state index contributed by atoms with van der Waals surface area (Å²) in [5, 5.41) is 5.88. The summed E-state index contributed by atoms with van der Waals surface area (Å²) < 4.78 is 28.4.